The summed E-state index contributed by atoms with van der Waals surface area (Å²) in [6.45, 7) is 0. The molecule has 2 aromatic heterocycles. The Morgan fingerprint density at radius 3 is 3.08 bits per heavy atom. The molecule has 0 atom stereocenters. The first-order valence-electron chi connectivity index (χ1n) is 3.27. The van der Waals surface area contributed by atoms with E-state index < -0.39 is 0 Å². The summed E-state index contributed by atoms with van der Waals surface area (Å²) in [5, 5.41) is 6.75. The SMILES string of the molecule is O=c1[nH]ncc2nc(Cl)ccc12. The van der Waals surface area contributed by atoms with Crippen LogP contribution in [0.2, 0.25) is 5.15 Å². The molecular weight excluding hydrogens is 178 g/mol. The van der Waals surface area contributed by atoms with Gasteiger partial charge in [-0.05, 0) is 12.1 Å². The van der Waals surface area contributed by atoms with Crippen LogP contribution < -0.4 is 5.56 Å². The van der Waals surface area contributed by atoms with Crippen molar-refractivity contribution in [2.24, 2.45) is 0 Å². The molecule has 0 aromatic carbocycles. The van der Waals surface area contributed by atoms with Gasteiger partial charge in [-0.1, -0.05) is 11.6 Å². The molecule has 2 heterocycles. The highest BCUT2D eigenvalue weighted by atomic mass is 35.5. The summed E-state index contributed by atoms with van der Waals surface area (Å²) in [5.41, 5.74) is 0.253. The highest BCUT2D eigenvalue weighted by Crippen LogP contribution is 2.09. The number of nitrogens with zero attached hydrogens (tertiary/aromatic N) is 2. The fourth-order valence-corrected chi connectivity index (χ4v) is 1.11. The van der Waals surface area contributed by atoms with Gasteiger partial charge in [-0.25, -0.2) is 10.1 Å². The Balaban J connectivity index is 2.96. The first kappa shape index (κ1) is 7.24. The molecule has 2 rings (SSSR count). The zero-order chi connectivity index (χ0) is 8.55. The average Bonchev–Trinajstić information content (AvgIpc) is 2.04. The number of halogens is 1. The van der Waals surface area contributed by atoms with E-state index in [-0.39, 0.29) is 5.56 Å². The van der Waals surface area contributed by atoms with Crippen LogP contribution in [0.5, 0.6) is 0 Å². The van der Waals surface area contributed by atoms with Crippen molar-refractivity contribution in [2.75, 3.05) is 0 Å². The van der Waals surface area contributed by atoms with E-state index in [9.17, 15) is 4.79 Å². The van der Waals surface area contributed by atoms with Crippen molar-refractivity contribution < 1.29 is 0 Å². The number of rotatable bonds is 0. The molecular formula is C7H4ClN3O. The number of H-pyrrole nitrogens is 1. The third-order valence-electron chi connectivity index (χ3n) is 1.49. The van der Waals surface area contributed by atoms with Gasteiger partial charge in [0.25, 0.3) is 5.56 Å². The number of fused-ring (bicyclic) bond motifs is 1. The van der Waals surface area contributed by atoms with Crippen molar-refractivity contribution in [3.05, 3.63) is 33.8 Å². The number of aromatic amines is 1. The second-order valence-corrected chi connectivity index (χ2v) is 2.65. The van der Waals surface area contributed by atoms with Gasteiger partial charge in [0.15, 0.2) is 0 Å². The first-order valence-corrected chi connectivity index (χ1v) is 3.65. The van der Waals surface area contributed by atoms with Crippen molar-refractivity contribution in [1.29, 1.82) is 0 Å². The van der Waals surface area contributed by atoms with E-state index in [4.69, 9.17) is 11.6 Å². The van der Waals surface area contributed by atoms with Crippen molar-refractivity contribution in [3.63, 3.8) is 0 Å². The van der Waals surface area contributed by atoms with Crippen LogP contribution in [0.25, 0.3) is 10.9 Å². The summed E-state index contributed by atoms with van der Waals surface area (Å²) >= 11 is 5.62. The number of aromatic nitrogens is 3. The average molecular weight is 182 g/mol. The zero-order valence-corrected chi connectivity index (χ0v) is 6.67. The molecule has 60 valence electrons. The van der Waals surface area contributed by atoms with Crippen LogP contribution in [0.4, 0.5) is 0 Å². The minimum Gasteiger partial charge on any atom is -0.267 e. The number of hydrogen-bond donors (Lipinski definition) is 1. The summed E-state index contributed by atoms with van der Waals surface area (Å²) in [5.74, 6) is 0. The highest BCUT2D eigenvalue weighted by molar-refractivity contribution is 6.29. The van der Waals surface area contributed by atoms with Gasteiger partial charge in [-0.2, -0.15) is 5.10 Å². The second-order valence-electron chi connectivity index (χ2n) is 2.27. The van der Waals surface area contributed by atoms with Crippen molar-refractivity contribution in [2.45, 2.75) is 0 Å². The van der Waals surface area contributed by atoms with E-state index in [0.717, 1.165) is 0 Å². The smallest absolute Gasteiger partial charge is 0.267 e. The standard InChI is InChI=1S/C7H4ClN3O/c8-6-2-1-4-5(10-6)3-9-11-7(4)12/h1-3H,(H,11,12). The van der Waals surface area contributed by atoms with Crippen molar-refractivity contribution in [1.82, 2.24) is 15.2 Å². The van der Waals surface area contributed by atoms with Crippen LogP contribution in [0.15, 0.2) is 23.1 Å². The Bertz CT molecular complexity index is 479. The van der Waals surface area contributed by atoms with Crippen molar-refractivity contribution >= 4 is 22.5 Å². The molecule has 12 heavy (non-hydrogen) atoms. The Hall–Kier alpha value is -1.42. The molecule has 0 bridgehead atoms. The number of nitrogens with one attached hydrogen (secondary N) is 1. The van der Waals surface area contributed by atoms with Crippen LogP contribution in [0.3, 0.4) is 0 Å². The maximum Gasteiger partial charge on any atom is 0.273 e. The lowest BCUT2D eigenvalue weighted by molar-refractivity contribution is 1.00. The van der Waals surface area contributed by atoms with Crippen LogP contribution in [-0.2, 0) is 0 Å². The minimum absolute atomic E-state index is 0.253. The maximum atomic E-state index is 11.1. The van der Waals surface area contributed by atoms with Gasteiger partial charge in [0.1, 0.15) is 5.15 Å². The minimum atomic E-state index is -0.253. The molecule has 2 aromatic rings. The molecule has 0 radical (unpaired) electrons. The van der Waals surface area contributed by atoms with E-state index in [1.54, 1.807) is 12.1 Å². The van der Waals surface area contributed by atoms with Gasteiger partial charge >= 0.3 is 0 Å². The summed E-state index contributed by atoms with van der Waals surface area (Å²) in [6, 6.07) is 3.18. The summed E-state index contributed by atoms with van der Waals surface area (Å²) in [4.78, 5) is 15.0. The summed E-state index contributed by atoms with van der Waals surface area (Å²) < 4.78 is 0. The predicted octanol–water partition coefficient (Wildman–Crippen LogP) is 0.971. The quantitative estimate of drug-likeness (QED) is 0.617. The second kappa shape index (κ2) is 2.57. The van der Waals surface area contributed by atoms with Gasteiger partial charge in [0.2, 0.25) is 0 Å². The largest absolute Gasteiger partial charge is 0.273 e. The maximum absolute atomic E-state index is 11.1. The third-order valence-corrected chi connectivity index (χ3v) is 1.70. The number of hydrogen-bond acceptors (Lipinski definition) is 3. The monoisotopic (exact) mass is 181 g/mol. The molecule has 0 saturated carbocycles. The first-order chi connectivity index (χ1) is 5.77. The summed E-state index contributed by atoms with van der Waals surface area (Å²) in [6.07, 6.45) is 1.46. The lowest BCUT2D eigenvalue weighted by atomic mass is 10.3. The molecule has 5 heteroatoms. The lowest BCUT2D eigenvalue weighted by Gasteiger charge is -1.93. The molecule has 0 aliphatic carbocycles. The molecule has 0 amide bonds. The zero-order valence-electron chi connectivity index (χ0n) is 5.91. The van der Waals surface area contributed by atoms with Crippen LogP contribution in [0.1, 0.15) is 0 Å². The molecule has 0 aliphatic rings. The normalized spacial score (nSPS) is 10.4. The molecule has 1 N–H and O–H groups in total. The van der Waals surface area contributed by atoms with E-state index in [2.05, 4.69) is 15.2 Å². The van der Waals surface area contributed by atoms with Gasteiger partial charge in [0.05, 0.1) is 17.1 Å². The van der Waals surface area contributed by atoms with E-state index >= 15 is 0 Å². The van der Waals surface area contributed by atoms with E-state index in [0.29, 0.717) is 16.1 Å². The lowest BCUT2D eigenvalue weighted by Crippen LogP contribution is -2.07. The molecule has 4 nitrogen and oxygen atoms in total. The number of pyridine rings is 1. The van der Waals surface area contributed by atoms with Gasteiger partial charge in [0, 0.05) is 0 Å². The summed E-state index contributed by atoms with van der Waals surface area (Å²) in [7, 11) is 0. The van der Waals surface area contributed by atoms with Crippen LogP contribution in [-0.4, -0.2) is 15.2 Å². The topological polar surface area (TPSA) is 58.6 Å². The van der Waals surface area contributed by atoms with Gasteiger partial charge in [-0.3, -0.25) is 4.79 Å². The van der Waals surface area contributed by atoms with Gasteiger partial charge < -0.3 is 0 Å². The Kier molecular flexibility index (Phi) is 1.55. The third kappa shape index (κ3) is 1.06. The van der Waals surface area contributed by atoms with Crippen molar-refractivity contribution in [3.8, 4) is 0 Å². The van der Waals surface area contributed by atoms with Gasteiger partial charge in [-0.15, -0.1) is 0 Å². The molecule has 0 unspecified atom stereocenters. The van der Waals surface area contributed by atoms with Crippen LogP contribution in [0, 0.1) is 0 Å². The highest BCUT2D eigenvalue weighted by Gasteiger charge is 1.99. The Morgan fingerprint density at radius 1 is 1.42 bits per heavy atom. The molecule has 0 saturated heterocycles. The molecule has 0 aliphatic heterocycles. The Labute approximate surface area is 72.2 Å². The predicted molar refractivity (Wildman–Crippen MR) is 45.2 cm³/mol. The van der Waals surface area contributed by atoms with Crippen LogP contribution >= 0.6 is 11.6 Å². The van der Waals surface area contributed by atoms with E-state index in [1.807, 2.05) is 0 Å². The fourth-order valence-electron chi connectivity index (χ4n) is 0.953. The fraction of sp³-hybridized carbons (Fsp3) is 0. The molecule has 0 fully saturated rings. The van der Waals surface area contributed by atoms with E-state index in [1.165, 1.54) is 6.20 Å². The molecule has 0 spiro atoms. The Morgan fingerprint density at radius 2 is 2.25 bits per heavy atom.